The van der Waals surface area contributed by atoms with E-state index in [0.29, 0.717) is 12.8 Å². The molecule has 170 valence electrons. The Balaban J connectivity index is 1.58. The minimum Gasteiger partial charge on any atom is -0.481 e. The van der Waals surface area contributed by atoms with E-state index in [1.807, 2.05) is 66.7 Å². The minimum absolute atomic E-state index is 0.357. The summed E-state index contributed by atoms with van der Waals surface area (Å²) in [6, 6.07) is 34.3. The van der Waals surface area contributed by atoms with Gasteiger partial charge in [0.15, 0.2) is 0 Å². The van der Waals surface area contributed by atoms with Crippen molar-refractivity contribution in [3.05, 3.63) is 120 Å². The van der Waals surface area contributed by atoms with Crippen LogP contribution in [0.15, 0.2) is 103 Å². The summed E-state index contributed by atoms with van der Waals surface area (Å²) in [5.74, 6) is -0.846. The number of fused-ring (bicyclic) bond motifs is 3. The standard InChI is InChI=1S/C30H22N2O2S/c33-29(34)30(24-15-16-27-28(17-24)32-35-31-27,18-22-11-5-9-20-7-1-3-13-25(20)22)19-23-12-6-10-21-8-2-4-14-26(21)23/h1-17H,18-19H2,(H,33,34). The summed E-state index contributed by atoms with van der Waals surface area (Å²) in [5, 5.41) is 15.3. The van der Waals surface area contributed by atoms with Gasteiger partial charge < -0.3 is 5.11 Å². The number of rotatable bonds is 6. The van der Waals surface area contributed by atoms with Crippen molar-refractivity contribution in [1.29, 1.82) is 0 Å². The molecule has 0 fully saturated rings. The molecular weight excluding hydrogens is 452 g/mol. The van der Waals surface area contributed by atoms with Crippen LogP contribution in [0.25, 0.3) is 32.6 Å². The van der Waals surface area contributed by atoms with E-state index in [9.17, 15) is 9.90 Å². The SMILES string of the molecule is O=C(O)C(Cc1cccc2ccccc12)(Cc1cccc2ccccc12)c1ccc2nsnc2c1. The van der Waals surface area contributed by atoms with Crippen molar-refractivity contribution >= 4 is 50.3 Å². The molecule has 0 aliphatic heterocycles. The molecule has 5 aromatic carbocycles. The average molecular weight is 475 g/mol. The van der Waals surface area contributed by atoms with Gasteiger partial charge in [-0.25, -0.2) is 0 Å². The molecule has 1 heterocycles. The Bertz CT molecular complexity index is 1610. The molecule has 0 aliphatic rings. The van der Waals surface area contributed by atoms with Gasteiger partial charge >= 0.3 is 5.97 Å². The molecule has 0 atom stereocenters. The molecule has 0 amide bonds. The molecule has 6 rings (SSSR count). The Hall–Kier alpha value is -4.09. The Morgan fingerprint density at radius 1 is 0.686 bits per heavy atom. The predicted octanol–water partition coefficient (Wildman–Crippen LogP) is 6.81. The van der Waals surface area contributed by atoms with E-state index < -0.39 is 11.4 Å². The molecule has 1 N–H and O–H groups in total. The Morgan fingerprint density at radius 2 is 1.23 bits per heavy atom. The largest absolute Gasteiger partial charge is 0.481 e. The first-order chi connectivity index (χ1) is 17.1. The third-order valence-electron chi connectivity index (χ3n) is 6.96. The maximum absolute atomic E-state index is 13.3. The fraction of sp³-hybridized carbons (Fsp3) is 0.100. The molecule has 0 aliphatic carbocycles. The lowest BCUT2D eigenvalue weighted by molar-refractivity contribution is -0.143. The van der Waals surface area contributed by atoms with Crippen LogP contribution in [-0.4, -0.2) is 19.8 Å². The zero-order chi connectivity index (χ0) is 23.8. The summed E-state index contributed by atoms with van der Waals surface area (Å²) in [7, 11) is 0. The van der Waals surface area contributed by atoms with Crippen LogP contribution in [-0.2, 0) is 23.1 Å². The van der Waals surface area contributed by atoms with Gasteiger partial charge in [0.2, 0.25) is 0 Å². The monoisotopic (exact) mass is 474 g/mol. The third-order valence-corrected chi connectivity index (χ3v) is 7.52. The number of nitrogens with zero attached hydrogens (tertiary/aromatic N) is 2. The zero-order valence-electron chi connectivity index (χ0n) is 18.9. The molecule has 35 heavy (non-hydrogen) atoms. The topological polar surface area (TPSA) is 63.1 Å². The van der Waals surface area contributed by atoms with Gasteiger partial charge in [-0.05, 0) is 63.2 Å². The van der Waals surface area contributed by atoms with Crippen LogP contribution in [0.1, 0.15) is 16.7 Å². The third kappa shape index (κ3) is 3.74. The first kappa shape index (κ1) is 21.4. The van der Waals surface area contributed by atoms with Crippen molar-refractivity contribution in [2.24, 2.45) is 0 Å². The van der Waals surface area contributed by atoms with Gasteiger partial charge in [0, 0.05) is 0 Å². The quantitative estimate of drug-likeness (QED) is 0.288. The van der Waals surface area contributed by atoms with Crippen molar-refractivity contribution in [2.45, 2.75) is 18.3 Å². The number of hydrogen-bond donors (Lipinski definition) is 1. The van der Waals surface area contributed by atoms with Crippen LogP contribution in [0.2, 0.25) is 0 Å². The summed E-state index contributed by atoms with van der Waals surface area (Å²) < 4.78 is 8.72. The zero-order valence-corrected chi connectivity index (χ0v) is 19.7. The Labute approximate surface area is 206 Å². The van der Waals surface area contributed by atoms with Crippen molar-refractivity contribution in [3.8, 4) is 0 Å². The van der Waals surface area contributed by atoms with Crippen LogP contribution in [0.3, 0.4) is 0 Å². The van der Waals surface area contributed by atoms with Crippen molar-refractivity contribution in [3.63, 3.8) is 0 Å². The molecule has 4 nitrogen and oxygen atoms in total. The molecular formula is C30H22N2O2S. The number of carboxylic acid groups (broad SMARTS) is 1. The van der Waals surface area contributed by atoms with Gasteiger partial charge in [0.1, 0.15) is 16.4 Å². The van der Waals surface area contributed by atoms with Crippen LogP contribution in [0.4, 0.5) is 0 Å². The van der Waals surface area contributed by atoms with E-state index in [4.69, 9.17) is 0 Å². The highest BCUT2D eigenvalue weighted by Gasteiger charge is 2.41. The second kappa shape index (κ2) is 8.60. The smallest absolute Gasteiger partial charge is 0.314 e. The number of aliphatic carboxylic acids is 1. The lowest BCUT2D eigenvalue weighted by atomic mass is 9.70. The summed E-state index contributed by atoms with van der Waals surface area (Å²) >= 11 is 1.14. The van der Waals surface area contributed by atoms with Gasteiger partial charge in [0.05, 0.1) is 11.7 Å². The number of carbonyl (C=O) groups is 1. The number of hydrogen-bond acceptors (Lipinski definition) is 4. The highest BCUT2D eigenvalue weighted by Crippen LogP contribution is 2.38. The lowest BCUT2D eigenvalue weighted by Gasteiger charge is -2.31. The Morgan fingerprint density at radius 3 is 1.83 bits per heavy atom. The van der Waals surface area contributed by atoms with Gasteiger partial charge in [-0.15, -0.1) is 0 Å². The molecule has 0 spiro atoms. The highest BCUT2D eigenvalue weighted by atomic mass is 32.1. The first-order valence-corrected chi connectivity index (χ1v) is 12.3. The molecule has 1 aromatic heterocycles. The fourth-order valence-electron chi connectivity index (χ4n) is 5.16. The lowest BCUT2D eigenvalue weighted by Crippen LogP contribution is -2.40. The first-order valence-electron chi connectivity index (χ1n) is 11.5. The van der Waals surface area contributed by atoms with E-state index >= 15 is 0 Å². The second-order valence-electron chi connectivity index (χ2n) is 8.99. The molecule has 0 bridgehead atoms. The molecule has 0 unspecified atom stereocenters. The summed E-state index contributed by atoms with van der Waals surface area (Å²) in [4.78, 5) is 13.3. The molecule has 5 heteroatoms. The maximum Gasteiger partial charge on any atom is 0.314 e. The average Bonchev–Trinajstić information content (AvgIpc) is 3.37. The van der Waals surface area contributed by atoms with Gasteiger partial charge in [-0.2, -0.15) is 8.75 Å². The molecule has 0 saturated heterocycles. The minimum atomic E-state index is -1.19. The van der Waals surface area contributed by atoms with Gasteiger partial charge in [-0.1, -0.05) is 91.0 Å². The predicted molar refractivity (Wildman–Crippen MR) is 142 cm³/mol. The van der Waals surface area contributed by atoms with Gasteiger partial charge in [-0.3, -0.25) is 4.79 Å². The summed E-state index contributed by atoms with van der Waals surface area (Å²) in [6.45, 7) is 0. The summed E-state index contributed by atoms with van der Waals surface area (Å²) in [6.07, 6.45) is 0.714. The Kier molecular flexibility index (Phi) is 5.27. The van der Waals surface area contributed by atoms with Crippen molar-refractivity contribution in [2.75, 3.05) is 0 Å². The molecule has 6 aromatic rings. The molecule has 0 saturated carbocycles. The van der Waals surface area contributed by atoms with E-state index in [1.54, 1.807) is 0 Å². The highest BCUT2D eigenvalue weighted by molar-refractivity contribution is 7.00. The fourth-order valence-corrected chi connectivity index (χ4v) is 5.68. The van der Waals surface area contributed by atoms with E-state index in [2.05, 4.69) is 45.1 Å². The van der Waals surface area contributed by atoms with Crippen LogP contribution in [0.5, 0.6) is 0 Å². The normalized spacial score (nSPS) is 11.9. The van der Waals surface area contributed by atoms with Gasteiger partial charge in [0.25, 0.3) is 0 Å². The molecule has 0 radical (unpaired) electrons. The van der Waals surface area contributed by atoms with Crippen LogP contribution in [0, 0.1) is 0 Å². The van der Waals surface area contributed by atoms with Crippen molar-refractivity contribution in [1.82, 2.24) is 8.75 Å². The van der Waals surface area contributed by atoms with Crippen molar-refractivity contribution < 1.29 is 9.90 Å². The number of aromatic nitrogens is 2. The number of benzene rings is 5. The van der Waals surface area contributed by atoms with Crippen LogP contribution >= 0.6 is 11.7 Å². The van der Waals surface area contributed by atoms with E-state index in [-0.39, 0.29) is 0 Å². The summed E-state index contributed by atoms with van der Waals surface area (Å²) in [5.41, 5.74) is 3.10. The van der Waals surface area contributed by atoms with E-state index in [0.717, 1.165) is 61.0 Å². The second-order valence-corrected chi connectivity index (χ2v) is 9.51. The number of carboxylic acids is 1. The van der Waals surface area contributed by atoms with E-state index in [1.165, 1.54) is 0 Å². The maximum atomic E-state index is 13.3. The van der Waals surface area contributed by atoms with Crippen LogP contribution < -0.4 is 0 Å².